The standard InChI is InChI=1S/C18H17FN2O5/c19-12-1-3-13(4-2-12)25-16-9-11(7-8-20-16)10-21-17(22)14-5-6-15(26-14)18(23)24/h1-4,7-9,14-15H,5-6,10H2,(H,21,22)(H,23,24)/t14-,15+/m0/s1. The van der Waals surface area contributed by atoms with Crippen molar-refractivity contribution in [1.82, 2.24) is 10.3 Å². The smallest absolute Gasteiger partial charge is 0.332 e. The van der Waals surface area contributed by atoms with Crippen molar-refractivity contribution in [3.05, 3.63) is 54.0 Å². The van der Waals surface area contributed by atoms with Gasteiger partial charge >= 0.3 is 5.97 Å². The Kier molecular flexibility index (Phi) is 5.43. The van der Waals surface area contributed by atoms with E-state index in [1.54, 1.807) is 12.1 Å². The first-order valence-corrected chi connectivity index (χ1v) is 8.05. The van der Waals surface area contributed by atoms with Gasteiger partial charge in [0.15, 0.2) is 6.10 Å². The Morgan fingerprint density at radius 3 is 2.65 bits per heavy atom. The van der Waals surface area contributed by atoms with Crippen LogP contribution in [0.5, 0.6) is 11.6 Å². The molecule has 0 bridgehead atoms. The molecule has 2 N–H and O–H groups in total. The molecule has 0 radical (unpaired) electrons. The number of aliphatic carboxylic acids is 1. The van der Waals surface area contributed by atoms with Crippen molar-refractivity contribution < 1.29 is 28.6 Å². The largest absolute Gasteiger partial charge is 0.479 e. The molecule has 1 aliphatic rings. The number of benzene rings is 1. The zero-order valence-corrected chi connectivity index (χ0v) is 13.7. The Morgan fingerprint density at radius 1 is 1.23 bits per heavy atom. The number of aromatic nitrogens is 1. The van der Waals surface area contributed by atoms with Crippen LogP contribution in [0.25, 0.3) is 0 Å². The van der Waals surface area contributed by atoms with Crippen LogP contribution in [0.15, 0.2) is 42.6 Å². The van der Waals surface area contributed by atoms with Crippen molar-refractivity contribution in [3.8, 4) is 11.6 Å². The van der Waals surface area contributed by atoms with Gasteiger partial charge in [-0.1, -0.05) is 0 Å². The highest BCUT2D eigenvalue weighted by atomic mass is 19.1. The first kappa shape index (κ1) is 17.8. The molecule has 1 saturated heterocycles. The van der Waals surface area contributed by atoms with Crippen LogP contribution in [-0.4, -0.2) is 34.2 Å². The second-order valence-corrected chi connectivity index (χ2v) is 5.81. The van der Waals surface area contributed by atoms with E-state index in [-0.39, 0.29) is 18.3 Å². The third kappa shape index (κ3) is 4.54. The number of rotatable bonds is 6. The highest BCUT2D eigenvalue weighted by Gasteiger charge is 2.34. The fourth-order valence-corrected chi connectivity index (χ4v) is 2.55. The molecule has 26 heavy (non-hydrogen) atoms. The number of nitrogens with zero attached hydrogens (tertiary/aromatic N) is 1. The lowest BCUT2D eigenvalue weighted by Crippen LogP contribution is -2.35. The molecule has 7 nitrogen and oxygen atoms in total. The molecular weight excluding hydrogens is 343 g/mol. The zero-order chi connectivity index (χ0) is 18.5. The summed E-state index contributed by atoms with van der Waals surface area (Å²) in [6, 6.07) is 8.91. The molecule has 1 amide bonds. The number of hydrogen-bond acceptors (Lipinski definition) is 5. The Morgan fingerprint density at radius 2 is 1.96 bits per heavy atom. The lowest BCUT2D eigenvalue weighted by atomic mass is 10.2. The average molecular weight is 360 g/mol. The van der Waals surface area contributed by atoms with Gasteiger partial charge in [-0.2, -0.15) is 0 Å². The van der Waals surface area contributed by atoms with E-state index in [4.69, 9.17) is 14.6 Å². The van der Waals surface area contributed by atoms with Gasteiger partial charge in [0, 0.05) is 18.8 Å². The van der Waals surface area contributed by atoms with Crippen LogP contribution in [0.2, 0.25) is 0 Å². The van der Waals surface area contributed by atoms with E-state index >= 15 is 0 Å². The van der Waals surface area contributed by atoms with Gasteiger partial charge < -0.3 is 19.9 Å². The number of halogens is 1. The lowest BCUT2D eigenvalue weighted by Gasteiger charge is -2.12. The topological polar surface area (TPSA) is 97.8 Å². The third-order valence-electron chi connectivity index (χ3n) is 3.89. The molecule has 1 aromatic carbocycles. The van der Waals surface area contributed by atoms with Crippen LogP contribution in [0.4, 0.5) is 4.39 Å². The number of hydrogen-bond donors (Lipinski definition) is 2. The first-order valence-electron chi connectivity index (χ1n) is 8.05. The van der Waals surface area contributed by atoms with Crippen molar-refractivity contribution in [2.24, 2.45) is 0 Å². The van der Waals surface area contributed by atoms with Crippen LogP contribution in [0, 0.1) is 5.82 Å². The minimum absolute atomic E-state index is 0.221. The molecule has 0 aliphatic carbocycles. The maximum Gasteiger partial charge on any atom is 0.332 e. The minimum Gasteiger partial charge on any atom is -0.479 e. The predicted molar refractivity (Wildman–Crippen MR) is 88.1 cm³/mol. The van der Waals surface area contributed by atoms with Crippen LogP contribution in [0.3, 0.4) is 0 Å². The number of carboxylic acids is 1. The number of pyridine rings is 1. The number of ether oxygens (including phenoxy) is 2. The fraction of sp³-hybridized carbons (Fsp3) is 0.278. The van der Waals surface area contributed by atoms with Crippen LogP contribution in [0.1, 0.15) is 18.4 Å². The summed E-state index contributed by atoms with van der Waals surface area (Å²) in [6.45, 7) is 0.221. The summed E-state index contributed by atoms with van der Waals surface area (Å²) in [6.07, 6.45) is 0.541. The van der Waals surface area contributed by atoms with E-state index in [1.165, 1.54) is 30.5 Å². The second kappa shape index (κ2) is 7.92. The summed E-state index contributed by atoms with van der Waals surface area (Å²) in [5.74, 6) is -1.02. The van der Waals surface area contributed by atoms with Crippen molar-refractivity contribution in [2.75, 3.05) is 0 Å². The van der Waals surface area contributed by atoms with E-state index in [1.807, 2.05) is 0 Å². The van der Waals surface area contributed by atoms with Gasteiger partial charge in [-0.25, -0.2) is 14.2 Å². The fourth-order valence-electron chi connectivity index (χ4n) is 2.55. The van der Waals surface area contributed by atoms with E-state index < -0.39 is 18.2 Å². The second-order valence-electron chi connectivity index (χ2n) is 5.81. The summed E-state index contributed by atoms with van der Waals surface area (Å²) in [7, 11) is 0. The maximum absolute atomic E-state index is 12.9. The molecule has 2 aromatic rings. The predicted octanol–water partition coefficient (Wildman–Crippen LogP) is 2.26. The number of amides is 1. The van der Waals surface area contributed by atoms with E-state index in [9.17, 15) is 14.0 Å². The van der Waals surface area contributed by atoms with Gasteiger partial charge in [-0.05, 0) is 48.7 Å². The highest BCUT2D eigenvalue weighted by molar-refractivity contribution is 5.82. The van der Waals surface area contributed by atoms with Gasteiger partial charge in [0.05, 0.1) is 0 Å². The van der Waals surface area contributed by atoms with Gasteiger partial charge in [-0.15, -0.1) is 0 Å². The summed E-state index contributed by atoms with van der Waals surface area (Å²) in [5.41, 5.74) is 0.748. The van der Waals surface area contributed by atoms with Crippen molar-refractivity contribution in [1.29, 1.82) is 0 Å². The zero-order valence-electron chi connectivity index (χ0n) is 13.7. The SMILES string of the molecule is O=C(NCc1ccnc(Oc2ccc(F)cc2)c1)[C@@H]1CC[C@H](C(=O)O)O1. The van der Waals surface area contributed by atoms with Crippen molar-refractivity contribution in [3.63, 3.8) is 0 Å². The van der Waals surface area contributed by atoms with Crippen molar-refractivity contribution >= 4 is 11.9 Å². The number of carbonyl (C=O) groups excluding carboxylic acids is 1. The Balaban J connectivity index is 1.54. The molecule has 8 heteroatoms. The number of carbonyl (C=O) groups is 2. The first-order chi connectivity index (χ1) is 12.5. The van der Waals surface area contributed by atoms with Crippen LogP contribution < -0.4 is 10.1 Å². The molecular formula is C18H17FN2O5. The van der Waals surface area contributed by atoms with E-state index in [2.05, 4.69) is 10.3 Å². The molecule has 1 aromatic heterocycles. The van der Waals surface area contributed by atoms with E-state index in [0.717, 1.165) is 5.56 Å². The molecule has 1 fully saturated rings. The molecule has 2 atom stereocenters. The van der Waals surface area contributed by atoms with Gasteiger partial charge in [0.25, 0.3) is 0 Å². The van der Waals surface area contributed by atoms with E-state index in [0.29, 0.717) is 24.5 Å². The monoisotopic (exact) mass is 360 g/mol. The normalized spacial score (nSPS) is 19.1. The molecule has 3 rings (SSSR count). The molecule has 0 spiro atoms. The summed E-state index contributed by atoms with van der Waals surface area (Å²) in [4.78, 5) is 27.0. The third-order valence-corrected chi connectivity index (χ3v) is 3.89. The quantitative estimate of drug-likeness (QED) is 0.820. The molecule has 0 saturated carbocycles. The molecule has 0 unspecified atom stereocenters. The van der Waals surface area contributed by atoms with Crippen molar-refractivity contribution in [2.45, 2.75) is 31.6 Å². The number of carboxylic acid groups (broad SMARTS) is 1. The summed E-state index contributed by atoms with van der Waals surface area (Å²) in [5, 5.41) is 11.6. The highest BCUT2D eigenvalue weighted by Crippen LogP contribution is 2.21. The minimum atomic E-state index is -1.06. The number of nitrogens with one attached hydrogen (secondary N) is 1. The van der Waals surface area contributed by atoms with Crippen LogP contribution in [-0.2, 0) is 20.9 Å². The Bertz CT molecular complexity index is 796. The summed E-state index contributed by atoms with van der Waals surface area (Å²) < 4.78 is 23.7. The Labute approximate surface area is 148 Å². The van der Waals surface area contributed by atoms with Gasteiger partial charge in [0.2, 0.25) is 11.8 Å². The summed E-state index contributed by atoms with van der Waals surface area (Å²) >= 11 is 0. The molecule has 1 aliphatic heterocycles. The van der Waals surface area contributed by atoms with Gasteiger partial charge in [0.1, 0.15) is 17.7 Å². The average Bonchev–Trinajstić information content (AvgIpc) is 3.13. The molecule has 2 heterocycles. The molecule has 136 valence electrons. The van der Waals surface area contributed by atoms with Gasteiger partial charge in [-0.3, -0.25) is 4.79 Å². The lowest BCUT2D eigenvalue weighted by molar-refractivity contribution is -0.151. The Hall–Kier alpha value is -3.00. The van der Waals surface area contributed by atoms with Crippen LogP contribution >= 0.6 is 0 Å². The maximum atomic E-state index is 12.9.